The fourth-order valence-corrected chi connectivity index (χ4v) is 4.50. The minimum Gasteiger partial charge on any atom is -0.352 e. The molecule has 2 heterocycles. The quantitative estimate of drug-likeness (QED) is 0.591. The zero-order valence-corrected chi connectivity index (χ0v) is 20.3. The van der Waals surface area contributed by atoms with Crippen molar-refractivity contribution in [2.45, 2.75) is 46.7 Å². The summed E-state index contributed by atoms with van der Waals surface area (Å²) in [7, 11) is 0. The number of nitrogens with zero attached hydrogens (tertiary/aromatic N) is 3. The molecule has 1 atom stereocenters. The third-order valence-electron chi connectivity index (χ3n) is 6.36. The zero-order chi connectivity index (χ0) is 24.1. The van der Waals surface area contributed by atoms with Gasteiger partial charge in [0.1, 0.15) is 0 Å². The molecule has 0 bridgehead atoms. The minimum atomic E-state index is -0.425. The van der Waals surface area contributed by atoms with Crippen molar-refractivity contribution >= 4 is 11.8 Å². The van der Waals surface area contributed by atoms with Gasteiger partial charge in [-0.25, -0.2) is 0 Å². The van der Waals surface area contributed by atoms with Gasteiger partial charge >= 0.3 is 0 Å². The van der Waals surface area contributed by atoms with Gasteiger partial charge < -0.3 is 10.2 Å². The Kier molecular flexibility index (Phi) is 7.15. The van der Waals surface area contributed by atoms with Crippen LogP contribution in [-0.4, -0.2) is 39.6 Å². The molecule has 0 saturated carbocycles. The number of hydrogen-bond donors (Lipinski definition) is 1. The van der Waals surface area contributed by atoms with Crippen molar-refractivity contribution in [2.24, 2.45) is 11.3 Å². The average molecular weight is 459 g/mol. The number of benzene rings is 2. The molecular weight excluding hydrogens is 424 g/mol. The summed E-state index contributed by atoms with van der Waals surface area (Å²) in [5.74, 6) is -0.0177. The van der Waals surface area contributed by atoms with E-state index >= 15 is 0 Å². The van der Waals surface area contributed by atoms with Crippen LogP contribution in [0.2, 0.25) is 0 Å². The Morgan fingerprint density at radius 1 is 1.06 bits per heavy atom. The molecule has 2 amide bonds. The van der Waals surface area contributed by atoms with E-state index in [1.54, 1.807) is 6.20 Å². The second-order valence-corrected chi connectivity index (χ2v) is 10.1. The van der Waals surface area contributed by atoms with Crippen molar-refractivity contribution in [1.82, 2.24) is 20.0 Å². The maximum atomic E-state index is 13.0. The predicted molar refractivity (Wildman–Crippen MR) is 134 cm³/mol. The molecule has 6 nitrogen and oxygen atoms in total. The first-order chi connectivity index (χ1) is 16.3. The molecule has 3 aromatic rings. The lowest BCUT2D eigenvalue weighted by molar-refractivity contribution is -0.142. The first-order valence-electron chi connectivity index (χ1n) is 12.0. The Morgan fingerprint density at radius 2 is 1.82 bits per heavy atom. The molecular formula is C28H34N4O2. The van der Waals surface area contributed by atoms with E-state index in [9.17, 15) is 9.59 Å². The van der Waals surface area contributed by atoms with Gasteiger partial charge in [-0.1, -0.05) is 69.3 Å². The van der Waals surface area contributed by atoms with E-state index in [4.69, 9.17) is 0 Å². The van der Waals surface area contributed by atoms with Crippen LogP contribution in [0.1, 0.15) is 44.7 Å². The fraction of sp³-hybridized carbons (Fsp3) is 0.393. The molecule has 2 aromatic carbocycles. The van der Waals surface area contributed by atoms with E-state index in [2.05, 4.69) is 46.8 Å². The fourth-order valence-electron chi connectivity index (χ4n) is 4.50. The Balaban J connectivity index is 1.39. The van der Waals surface area contributed by atoms with Crippen LogP contribution in [0, 0.1) is 11.3 Å². The number of rotatable bonds is 6. The van der Waals surface area contributed by atoms with E-state index in [-0.39, 0.29) is 17.7 Å². The van der Waals surface area contributed by atoms with Gasteiger partial charge in [-0.3, -0.25) is 14.3 Å². The largest absolute Gasteiger partial charge is 0.352 e. The maximum absolute atomic E-state index is 13.0. The van der Waals surface area contributed by atoms with Crippen LogP contribution in [0.25, 0.3) is 11.1 Å². The van der Waals surface area contributed by atoms with E-state index in [1.807, 2.05) is 54.7 Å². The molecule has 1 aliphatic rings. The monoisotopic (exact) mass is 458 g/mol. The Bertz CT molecular complexity index is 1110. The number of likely N-dealkylation sites (tertiary alicyclic amines) is 1. The molecule has 1 aromatic heterocycles. The molecule has 1 fully saturated rings. The van der Waals surface area contributed by atoms with Crippen LogP contribution in [0.5, 0.6) is 0 Å². The van der Waals surface area contributed by atoms with Crippen LogP contribution < -0.4 is 5.32 Å². The molecule has 6 heteroatoms. The highest BCUT2D eigenvalue weighted by molar-refractivity contribution is 5.84. The molecule has 0 radical (unpaired) electrons. The van der Waals surface area contributed by atoms with Crippen LogP contribution in [0.3, 0.4) is 0 Å². The molecule has 1 aliphatic heterocycles. The van der Waals surface area contributed by atoms with Gasteiger partial charge in [0.2, 0.25) is 11.8 Å². The van der Waals surface area contributed by atoms with Crippen molar-refractivity contribution in [2.75, 3.05) is 13.1 Å². The van der Waals surface area contributed by atoms with E-state index < -0.39 is 5.41 Å². The summed E-state index contributed by atoms with van der Waals surface area (Å²) in [6.07, 6.45) is 5.42. The van der Waals surface area contributed by atoms with Crippen LogP contribution in [0.15, 0.2) is 67.0 Å². The highest BCUT2D eigenvalue weighted by atomic mass is 16.2. The molecule has 0 aliphatic carbocycles. The summed E-state index contributed by atoms with van der Waals surface area (Å²) in [4.78, 5) is 27.5. The summed E-state index contributed by atoms with van der Waals surface area (Å²) >= 11 is 0. The van der Waals surface area contributed by atoms with E-state index in [0.29, 0.717) is 13.1 Å². The normalized spacial score (nSPS) is 16.3. The molecule has 1 N–H and O–H groups in total. The van der Waals surface area contributed by atoms with Gasteiger partial charge in [-0.15, -0.1) is 0 Å². The van der Waals surface area contributed by atoms with E-state index in [1.165, 1.54) is 5.56 Å². The summed E-state index contributed by atoms with van der Waals surface area (Å²) in [5.41, 5.74) is 4.07. The minimum absolute atomic E-state index is 0.0239. The van der Waals surface area contributed by atoms with Gasteiger partial charge in [0, 0.05) is 37.4 Å². The first kappa shape index (κ1) is 23.7. The van der Waals surface area contributed by atoms with Gasteiger partial charge in [0.15, 0.2) is 0 Å². The number of aromatic nitrogens is 2. The number of carbonyl (C=O) groups excluding carboxylic acids is 2. The summed E-state index contributed by atoms with van der Waals surface area (Å²) in [6, 6.07) is 18.6. The SMILES string of the molecule is CC(C)(C)C(=O)N1CCCC(C(=O)NCc2ccccc2-c2ccc(Cn3cccn3)cc2)C1. The molecule has 34 heavy (non-hydrogen) atoms. The smallest absolute Gasteiger partial charge is 0.227 e. The molecule has 1 unspecified atom stereocenters. The first-order valence-corrected chi connectivity index (χ1v) is 12.0. The zero-order valence-electron chi connectivity index (χ0n) is 20.3. The maximum Gasteiger partial charge on any atom is 0.227 e. The van der Waals surface area contributed by atoms with Gasteiger partial charge in [-0.2, -0.15) is 5.10 Å². The number of amides is 2. The predicted octanol–water partition coefficient (Wildman–Crippen LogP) is 4.50. The van der Waals surface area contributed by atoms with Crippen molar-refractivity contribution in [3.05, 3.63) is 78.1 Å². The van der Waals surface area contributed by atoms with Gasteiger partial charge in [0.25, 0.3) is 0 Å². The van der Waals surface area contributed by atoms with Crippen molar-refractivity contribution in [3.63, 3.8) is 0 Å². The summed E-state index contributed by atoms with van der Waals surface area (Å²) in [6.45, 7) is 8.23. The number of nitrogens with one attached hydrogen (secondary N) is 1. The number of carbonyl (C=O) groups is 2. The molecule has 4 rings (SSSR count). The lowest BCUT2D eigenvalue weighted by Crippen LogP contribution is -2.48. The second-order valence-electron chi connectivity index (χ2n) is 10.1. The van der Waals surface area contributed by atoms with Gasteiger partial charge in [-0.05, 0) is 41.2 Å². The Morgan fingerprint density at radius 3 is 2.53 bits per heavy atom. The van der Waals surface area contributed by atoms with Crippen molar-refractivity contribution in [1.29, 1.82) is 0 Å². The van der Waals surface area contributed by atoms with Crippen LogP contribution in [-0.2, 0) is 22.7 Å². The number of piperidine rings is 1. The summed E-state index contributed by atoms with van der Waals surface area (Å²) in [5, 5.41) is 7.40. The van der Waals surface area contributed by atoms with E-state index in [0.717, 1.165) is 42.6 Å². The highest BCUT2D eigenvalue weighted by Crippen LogP contribution is 2.26. The lowest BCUT2D eigenvalue weighted by Gasteiger charge is -2.35. The highest BCUT2D eigenvalue weighted by Gasteiger charge is 2.33. The Labute approximate surface area is 202 Å². The van der Waals surface area contributed by atoms with Crippen LogP contribution >= 0.6 is 0 Å². The number of hydrogen-bond acceptors (Lipinski definition) is 3. The third kappa shape index (κ3) is 5.74. The van der Waals surface area contributed by atoms with Gasteiger partial charge in [0.05, 0.1) is 12.5 Å². The summed E-state index contributed by atoms with van der Waals surface area (Å²) < 4.78 is 1.90. The molecule has 178 valence electrons. The lowest BCUT2D eigenvalue weighted by atomic mass is 9.91. The topological polar surface area (TPSA) is 67.2 Å². The average Bonchev–Trinajstić information content (AvgIpc) is 3.35. The second kappa shape index (κ2) is 10.2. The van der Waals surface area contributed by atoms with Crippen molar-refractivity contribution in [3.8, 4) is 11.1 Å². The molecule has 0 spiro atoms. The van der Waals surface area contributed by atoms with Crippen LogP contribution in [0.4, 0.5) is 0 Å². The third-order valence-corrected chi connectivity index (χ3v) is 6.36. The molecule has 1 saturated heterocycles. The standard InChI is InChI=1S/C28H34N4O2/c1-28(2,3)27(34)31-16-6-9-24(20-31)26(33)29-18-23-8-4-5-10-25(23)22-13-11-21(12-14-22)19-32-17-7-15-30-32/h4-5,7-8,10-15,17,24H,6,9,16,18-20H2,1-3H3,(H,29,33). The Hall–Kier alpha value is -3.41. The van der Waals surface area contributed by atoms with Crippen molar-refractivity contribution < 1.29 is 9.59 Å².